The minimum atomic E-state index is 0.201. The van der Waals surface area contributed by atoms with Gasteiger partial charge in [0, 0.05) is 6.04 Å². The van der Waals surface area contributed by atoms with Crippen molar-refractivity contribution in [3.05, 3.63) is 30.3 Å². The van der Waals surface area contributed by atoms with Crippen molar-refractivity contribution in [1.29, 1.82) is 0 Å². The standard InChI is InChI=1S/C12H19NO/c1-10(13(3)4)11(2)14-12-8-6-5-7-9-12/h5-11H,1-4H3. The van der Waals surface area contributed by atoms with E-state index in [1.807, 2.05) is 30.3 Å². The van der Waals surface area contributed by atoms with Gasteiger partial charge in [-0.15, -0.1) is 0 Å². The highest BCUT2D eigenvalue weighted by atomic mass is 16.5. The summed E-state index contributed by atoms with van der Waals surface area (Å²) in [4.78, 5) is 2.16. The minimum absolute atomic E-state index is 0.201. The van der Waals surface area contributed by atoms with Gasteiger partial charge in [-0.1, -0.05) is 18.2 Å². The summed E-state index contributed by atoms with van der Waals surface area (Å²) in [6, 6.07) is 10.4. The number of ether oxygens (including phenoxy) is 1. The lowest BCUT2D eigenvalue weighted by Crippen LogP contribution is -2.37. The summed E-state index contributed by atoms with van der Waals surface area (Å²) in [5.41, 5.74) is 0. The van der Waals surface area contributed by atoms with Crippen molar-refractivity contribution in [3.63, 3.8) is 0 Å². The first-order valence-corrected chi connectivity index (χ1v) is 4.99. The molecule has 0 radical (unpaired) electrons. The lowest BCUT2D eigenvalue weighted by Gasteiger charge is -2.26. The first kappa shape index (κ1) is 11.1. The smallest absolute Gasteiger partial charge is 0.119 e. The van der Waals surface area contributed by atoms with Crippen molar-refractivity contribution in [1.82, 2.24) is 4.90 Å². The predicted molar refractivity (Wildman–Crippen MR) is 59.7 cm³/mol. The normalized spacial score (nSPS) is 15.2. The maximum Gasteiger partial charge on any atom is 0.119 e. The molecule has 1 aromatic rings. The third kappa shape index (κ3) is 3.04. The molecule has 0 bridgehead atoms. The van der Waals surface area contributed by atoms with Crippen LogP contribution in [0.15, 0.2) is 30.3 Å². The maximum absolute atomic E-state index is 5.80. The average molecular weight is 193 g/mol. The van der Waals surface area contributed by atoms with Crippen molar-refractivity contribution < 1.29 is 4.74 Å². The zero-order valence-corrected chi connectivity index (χ0v) is 9.40. The van der Waals surface area contributed by atoms with Crippen molar-refractivity contribution in [2.24, 2.45) is 0 Å². The van der Waals surface area contributed by atoms with E-state index >= 15 is 0 Å². The van der Waals surface area contributed by atoms with Gasteiger partial charge in [0.15, 0.2) is 0 Å². The molecule has 0 aliphatic rings. The molecule has 2 unspecified atom stereocenters. The summed E-state index contributed by atoms with van der Waals surface area (Å²) < 4.78 is 5.80. The largest absolute Gasteiger partial charge is 0.489 e. The predicted octanol–water partition coefficient (Wildman–Crippen LogP) is 2.40. The molecule has 0 amide bonds. The first-order chi connectivity index (χ1) is 6.61. The topological polar surface area (TPSA) is 12.5 Å². The molecule has 2 atom stereocenters. The van der Waals surface area contributed by atoms with E-state index in [1.165, 1.54) is 0 Å². The molecule has 0 heterocycles. The van der Waals surface area contributed by atoms with Gasteiger partial charge in [-0.3, -0.25) is 0 Å². The van der Waals surface area contributed by atoms with Gasteiger partial charge in [-0.05, 0) is 40.1 Å². The monoisotopic (exact) mass is 193 g/mol. The molecule has 0 saturated carbocycles. The van der Waals surface area contributed by atoms with Crippen LogP contribution in [0.5, 0.6) is 5.75 Å². The Balaban J connectivity index is 2.53. The van der Waals surface area contributed by atoms with E-state index in [2.05, 4.69) is 32.8 Å². The summed E-state index contributed by atoms with van der Waals surface area (Å²) in [7, 11) is 4.13. The lowest BCUT2D eigenvalue weighted by atomic mass is 10.2. The molecule has 78 valence electrons. The van der Waals surface area contributed by atoms with Crippen LogP contribution >= 0.6 is 0 Å². The molecule has 0 saturated heterocycles. The van der Waals surface area contributed by atoms with Crippen LogP contribution in [-0.4, -0.2) is 31.1 Å². The minimum Gasteiger partial charge on any atom is -0.489 e. The Morgan fingerprint density at radius 3 is 2.14 bits per heavy atom. The van der Waals surface area contributed by atoms with Gasteiger partial charge in [-0.2, -0.15) is 0 Å². The van der Waals surface area contributed by atoms with E-state index in [-0.39, 0.29) is 6.10 Å². The molecule has 0 N–H and O–H groups in total. The fraction of sp³-hybridized carbons (Fsp3) is 0.500. The number of likely N-dealkylation sites (N-methyl/N-ethyl adjacent to an activating group) is 1. The Bertz CT molecular complexity index is 258. The molecule has 1 aromatic carbocycles. The first-order valence-electron chi connectivity index (χ1n) is 4.99. The number of rotatable bonds is 4. The Kier molecular flexibility index (Phi) is 3.96. The van der Waals surface area contributed by atoms with E-state index in [4.69, 9.17) is 4.74 Å². The molecule has 0 aliphatic carbocycles. The summed E-state index contributed by atoms with van der Waals surface area (Å²) >= 11 is 0. The van der Waals surface area contributed by atoms with Crippen LogP contribution in [0.25, 0.3) is 0 Å². The van der Waals surface area contributed by atoms with Crippen LogP contribution in [0.4, 0.5) is 0 Å². The van der Waals surface area contributed by atoms with Gasteiger partial charge >= 0.3 is 0 Å². The molecular weight excluding hydrogens is 174 g/mol. The Morgan fingerprint density at radius 1 is 1.07 bits per heavy atom. The zero-order chi connectivity index (χ0) is 10.6. The van der Waals surface area contributed by atoms with Crippen LogP contribution in [-0.2, 0) is 0 Å². The highest BCUT2D eigenvalue weighted by Crippen LogP contribution is 2.13. The molecule has 0 fully saturated rings. The van der Waals surface area contributed by atoms with Gasteiger partial charge < -0.3 is 9.64 Å². The van der Waals surface area contributed by atoms with Gasteiger partial charge in [-0.25, -0.2) is 0 Å². The quantitative estimate of drug-likeness (QED) is 0.728. The number of hydrogen-bond donors (Lipinski definition) is 0. The third-order valence-electron chi connectivity index (χ3n) is 2.56. The van der Waals surface area contributed by atoms with Gasteiger partial charge in [0.25, 0.3) is 0 Å². The highest BCUT2D eigenvalue weighted by Gasteiger charge is 2.15. The Hall–Kier alpha value is -1.02. The summed E-state index contributed by atoms with van der Waals surface area (Å²) in [5, 5.41) is 0. The number of benzene rings is 1. The van der Waals surface area contributed by atoms with Crippen LogP contribution in [0, 0.1) is 0 Å². The van der Waals surface area contributed by atoms with E-state index in [1.54, 1.807) is 0 Å². The SMILES string of the molecule is CC(Oc1ccccc1)C(C)N(C)C. The third-order valence-corrected chi connectivity index (χ3v) is 2.56. The second kappa shape index (κ2) is 5.01. The van der Waals surface area contributed by atoms with E-state index in [9.17, 15) is 0 Å². The van der Waals surface area contributed by atoms with Gasteiger partial charge in [0.05, 0.1) is 0 Å². The second-order valence-corrected chi connectivity index (χ2v) is 3.84. The molecule has 14 heavy (non-hydrogen) atoms. The fourth-order valence-electron chi connectivity index (χ4n) is 1.23. The van der Waals surface area contributed by atoms with Crippen molar-refractivity contribution in [2.75, 3.05) is 14.1 Å². The highest BCUT2D eigenvalue weighted by molar-refractivity contribution is 5.21. The van der Waals surface area contributed by atoms with Crippen LogP contribution in [0.1, 0.15) is 13.8 Å². The Morgan fingerprint density at radius 2 is 1.64 bits per heavy atom. The van der Waals surface area contributed by atoms with Crippen LogP contribution in [0.2, 0.25) is 0 Å². The molecule has 2 nitrogen and oxygen atoms in total. The maximum atomic E-state index is 5.80. The van der Waals surface area contributed by atoms with E-state index in [0.29, 0.717) is 6.04 Å². The summed E-state index contributed by atoms with van der Waals surface area (Å²) in [5.74, 6) is 0.939. The molecule has 1 rings (SSSR count). The van der Waals surface area contributed by atoms with Gasteiger partial charge in [0.2, 0.25) is 0 Å². The van der Waals surface area contributed by atoms with Crippen molar-refractivity contribution in [2.45, 2.75) is 26.0 Å². The number of nitrogens with zero attached hydrogens (tertiary/aromatic N) is 1. The van der Waals surface area contributed by atoms with Crippen LogP contribution < -0.4 is 4.74 Å². The van der Waals surface area contributed by atoms with Crippen molar-refractivity contribution >= 4 is 0 Å². The molecule has 0 spiro atoms. The molecule has 0 aromatic heterocycles. The second-order valence-electron chi connectivity index (χ2n) is 3.84. The fourth-order valence-corrected chi connectivity index (χ4v) is 1.23. The van der Waals surface area contributed by atoms with Crippen molar-refractivity contribution in [3.8, 4) is 5.75 Å². The van der Waals surface area contributed by atoms with Gasteiger partial charge in [0.1, 0.15) is 11.9 Å². The summed E-state index contributed by atoms with van der Waals surface area (Å²) in [6.45, 7) is 4.26. The molecule has 2 heteroatoms. The lowest BCUT2D eigenvalue weighted by molar-refractivity contribution is 0.121. The average Bonchev–Trinajstić information content (AvgIpc) is 2.18. The zero-order valence-electron chi connectivity index (χ0n) is 9.40. The van der Waals surface area contributed by atoms with E-state index < -0.39 is 0 Å². The number of para-hydroxylation sites is 1. The summed E-state index contributed by atoms with van der Waals surface area (Å²) in [6.07, 6.45) is 0.201. The molecule has 0 aliphatic heterocycles. The van der Waals surface area contributed by atoms with E-state index in [0.717, 1.165) is 5.75 Å². The van der Waals surface area contributed by atoms with Crippen LogP contribution in [0.3, 0.4) is 0 Å². The number of hydrogen-bond acceptors (Lipinski definition) is 2. The Labute approximate surface area is 86.5 Å². The molecular formula is C12H19NO.